The summed E-state index contributed by atoms with van der Waals surface area (Å²) in [6.45, 7) is 2.84. The summed E-state index contributed by atoms with van der Waals surface area (Å²) in [4.78, 5) is 14.5. The lowest BCUT2D eigenvalue weighted by atomic mass is 10.0. The van der Waals surface area contributed by atoms with Crippen LogP contribution in [0, 0.1) is 23.3 Å². The van der Waals surface area contributed by atoms with Crippen molar-refractivity contribution in [1.82, 2.24) is 10.2 Å². The maximum Gasteiger partial charge on any atom is 0.255 e. The molecule has 3 rings (SSSR count). The lowest BCUT2D eigenvalue weighted by molar-refractivity contribution is 0.0332. The third kappa shape index (κ3) is 4.45. The van der Waals surface area contributed by atoms with Gasteiger partial charge in [0.25, 0.3) is 5.91 Å². The minimum Gasteiger partial charge on any atom is -0.379 e. The number of amides is 1. The number of carbonyl (C=O) groups is 1. The van der Waals surface area contributed by atoms with Crippen molar-refractivity contribution in [3.8, 4) is 0 Å². The number of benzene rings is 2. The second-order valence-corrected chi connectivity index (χ2v) is 6.20. The Morgan fingerprint density at radius 3 is 2.37 bits per heavy atom. The minimum absolute atomic E-state index is 0.361. The predicted molar refractivity (Wildman–Crippen MR) is 90.2 cm³/mol. The predicted octanol–water partition coefficient (Wildman–Crippen LogP) is 3.05. The molecular formula is C19H18F4N2O2. The summed E-state index contributed by atoms with van der Waals surface area (Å²) in [6.07, 6.45) is 0. The minimum atomic E-state index is -2.01. The smallest absolute Gasteiger partial charge is 0.255 e. The van der Waals surface area contributed by atoms with E-state index in [1.54, 1.807) is 24.3 Å². The molecule has 1 heterocycles. The van der Waals surface area contributed by atoms with Crippen LogP contribution in [0.3, 0.4) is 0 Å². The third-order valence-corrected chi connectivity index (χ3v) is 4.40. The molecule has 27 heavy (non-hydrogen) atoms. The van der Waals surface area contributed by atoms with E-state index in [2.05, 4.69) is 10.2 Å². The number of carbonyl (C=O) groups excluding carboxylic acids is 1. The topological polar surface area (TPSA) is 41.6 Å². The van der Waals surface area contributed by atoms with Crippen LogP contribution in [0.2, 0.25) is 0 Å². The molecule has 0 bridgehead atoms. The highest BCUT2D eigenvalue weighted by molar-refractivity contribution is 5.94. The van der Waals surface area contributed by atoms with Gasteiger partial charge in [-0.3, -0.25) is 9.69 Å². The number of morpholine rings is 1. The first kappa shape index (κ1) is 19.3. The maximum atomic E-state index is 13.9. The van der Waals surface area contributed by atoms with Gasteiger partial charge in [0, 0.05) is 19.6 Å². The number of halogens is 4. The first-order chi connectivity index (χ1) is 13.0. The molecule has 1 unspecified atom stereocenters. The van der Waals surface area contributed by atoms with E-state index in [-0.39, 0.29) is 0 Å². The van der Waals surface area contributed by atoms with Crippen LogP contribution in [0.5, 0.6) is 0 Å². The Labute approximate surface area is 153 Å². The summed E-state index contributed by atoms with van der Waals surface area (Å²) < 4.78 is 59.2. The van der Waals surface area contributed by atoms with Crippen LogP contribution in [0.4, 0.5) is 17.6 Å². The molecule has 0 radical (unpaired) electrons. The Morgan fingerprint density at radius 2 is 1.70 bits per heavy atom. The van der Waals surface area contributed by atoms with Gasteiger partial charge in [-0.05, 0) is 11.6 Å². The van der Waals surface area contributed by atoms with Gasteiger partial charge in [-0.2, -0.15) is 0 Å². The summed E-state index contributed by atoms with van der Waals surface area (Å²) in [5.41, 5.74) is -0.130. The van der Waals surface area contributed by atoms with Crippen LogP contribution >= 0.6 is 0 Å². The largest absolute Gasteiger partial charge is 0.379 e. The molecule has 1 N–H and O–H groups in total. The van der Waals surface area contributed by atoms with Crippen LogP contribution in [0.1, 0.15) is 22.0 Å². The lowest BCUT2D eigenvalue weighted by Gasteiger charge is -2.31. The van der Waals surface area contributed by atoms with Gasteiger partial charge < -0.3 is 10.1 Å². The molecule has 4 nitrogen and oxygen atoms in total. The van der Waals surface area contributed by atoms with Crippen LogP contribution in [-0.4, -0.2) is 43.7 Å². The molecule has 1 aliphatic heterocycles. The van der Waals surface area contributed by atoms with E-state index in [1.165, 1.54) is 0 Å². The molecule has 0 saturated carbocycles. The summed E-state index contributed by atoms with van der Waals surface area (Å²) >= 11 is 0. The maximum absolute atomic E-state index is 13.9. The van der Waals surface area contributed by atoms with Crippen molar-refractivity contribution in [2.75, 3.05) is 32.8 Å². The first-order valence-electron chi connectivity index (χ1n) is 8.46. The Bertz CT molecular complexity index is 811. The van der Waals surface area contributed by atoms with E-state index in [4.69, 9.17) is 4.74 Å². The molecule has 1 saturated heterocycles. The molecule has 144 valence electrons. The van der Waals surface area contributed by atoms with Crippen molar-refractivity contribution in [2.45, 2.75) is 6.04 Å². The highest BCUT2D eigenvalue weighted by atomic mass is 19.2. The van der Waals surface area contributed by atoms with E-state index in [0.29, 0.717) is 38.9 Å². The highest BCUT2D eigenvalue weighted by Gasteiger charge is 2.26. The van der Waals surface area contributed by atoms with Crippen molar-refractivity contribution in [1.29, 1.82) is 0 Å². The third-order valence-electron chi connectivity index (χ3n) is 4.40. The van der Waals surface area contributed by atoms with Gasteiger partial charge in [0.05, 0.1) is 24.8 Å². The molecule has 0 aliphatic carbocycles. The van der Waals surface area contributed by atoms with E-state index < -0.39 is 40.8 Å². The molecule has 2 aromatic rings. The average Bonchev–Trinajstić information content (AvgIpc) is 2.70. The Morgan fingerprint density at radius 1 is 1.04 bits per heavy atom. The number of nitrogens with one attached hydrogen (secondary N) is 1. The van der Waals surface area contributed by atoms with Crippen molar-refractivity contribution in [3.05, 3.63) is 70.8 Å². The van der Waals surface area contributed by atoms with E-state index in [9.17, 15) is 22.4 Å². The average molecular weight is 382 g/mol. The van der Waals surface area contributed by atoms with Crippen molar-refractivity contribution >= 4 is 5.91 Å². The van der Waals surface area contributed by atoms with Crippen LogP contribution < -0.4 is 5.32 Å². The van der Waals surface area contributed by atoms with E-state index in [0.717, 1.165) is 5.56 Å². The number of nitrogens with zero attached hydrogens (tertiary/aromatic N) is 1. The second kappa shape index (κ2) is 8.49. The quantitative estimate of drug-likeness (QED) is 0.491. The van der Waals surface area contributed by atoms with Crippen molar-refractivity contribution in [3.63, 3.8) is 0 Å². The SMILES string of the molecule is O=C(NC(CN1CCOCC1)c1ccccc1)c1cc(F)c(F)c(F)c1F. The Kier molecular flexibility index (Phi) is 6.08. The summed E-state index contributed by atoms with van der Waals surface area (Å²) in [5.74, 6) is -8.32. The lowest BCUT2D eigenvalue weighted by Crippen LogP contribution is -2.43. The zero-order valence-corrected chi connectivity index (χ0v) is 14.4. The molecule has 2 aromatic carbocycles. The van der Waals surface area contributed by atoms with Crippen molar-refractivity contribution < 1.29 is 27.1 Å². The fourth-order valence-corrected chi connectivity index (χ4v) is 2.94. The van der Waals surface area contributed by atoms with E-state index in [1.807, 2.05) is 6.07 Å². The molecule has 8 heteroatoms. The molecule has 0 aromatic heterocycles. The number of rotatable bonds is 5. The molecule has 1 aliphatic rings. The molecule has 1 amide bonds. The zero-order valence-electron chi connectivity index (χ0n) is 14.4. The molecule has 1 atom stereocenters. The van der Waals surface area contributed by atoms with Crippen LogP contribution in [-0.2, 0) is 4.74 Å². The highest BCUT2D eigenvalue weighted by Crippen LogP contribution is 2.21. The fraction of sp³-hybridized carbons (Fsp3) is 0.316. The first-order valence-corrected chi connectivity index (χ1v) is 8.46. The van der Waals surface area contributed by atoms with Crippen molar-refractivity contribution in [2.24, 2.45) is 0 Å². The Hall–Kier alpha value is -2.45. The van der Waals surface area contributed by atoms with Gasteiger partial charge >= 0.3 is 0 Å². The number of hydrogen-bond donors (Lipinski definition) is 1. The summed E-state index contributed by atoms with van der Waals surface area (Å²) in [6, 6.07) is 8.76. The molecular weight excluding hydrogens is 364 g/mol. The van der Waals surface area contributed by atoms with Gasteiger partial charge in [0.2, 0.25) is 0 Å². The fourth-order valence-electron chi connectivity index (χ4n) is 2.94. The van der Waals surface area contributed by atoms with Crippen LogP contribution in [0.15, 0.2) is 36.4 Å². The summed E-state index contributed by atoms with van der Waals surface area (Å²) in [7, 11) is 0. The van der Waals surface area contributed by atoms with E-state index >= 15 is 0 Å². The standard InChI is InChI=1S/C19H18F4N2O2/c20-14-10-13(16(21)18(23)17(14)22)19(26)24-15(12-4-2-1-3-5-12)11-25-6-8-27-9-7-25/h1-5,10,15H,6-9,11H2,(H,24,26). The monoisotopic (exact) mass is 382 g/mol. The number of hydrogen-bond acceptors (Lipinski definition) is 3. The summed E-state index contributed by atoms with van der Waals surface area (Å²) in [5, 5.41) is 2.59. The van der Waals surface area contributed by atoms with Gasteiger partial charge in [0.15, 0.2) is 23.3 Å². The Balaban J connectivity index is 1.84. The number of ether oxygens (including phenoxy) is 1. The van der Waals surface area contributed by atoms with Crippen LogP contribution in [0.25, 0.3) is 0 Å². The van der Waals surface area contributed by atoms with Gasteiger partial charge in [0.1, 0.15) is 0 Å². The van der Waals surface area contributed by atoms with Gasteiger partial charge in [-0.15, -0.1) is 0 Å². The van der Waals surface area contributed by atoms with Gasteiger partial charge in [-0.1, -0.05) is 30.3 Å². The van der Waals surface area contributed by atoms with Gasteiger partial charge in [-0.25, -0.2) is 17.6 Å². The normalized spacial score (nSPS) is 16.1. The zero-order chi connectivity index (χ0) is 19.4. The molecule has 0 spiro atoms. The molecule has 1 fully saturated rings. The second-order valence-electron chi connectivity index (χ2n) is 6.20.